The molecule has 0 aliphatic rings. The summed E-state index contributed by atoms with van der Waals surface area (Å²) in [5, 5.41) is 19.7. The van der Waals surface area contributed by atoms with Crippen LogP contribution in [0.25, 0.3) is 0 Å². The predicted octanol–water partition coefficient (Wildman–Crippen LogP) is 3.75. The number of aromatic carboxylic acids is 1. The molecular weight excluding hydrogens is 278 g/mol. The molecule has 0 atom stereocenters. The lowest BCUT2D eigenvalue weighted by atomic mass is 10.2. The van der Waals surface area contributed by atoms with Crippen molar-refractivity contribution in [2.75, 3.05) is 0 Å². The van der Waals surface area contributed by atoms with Crippen molar-refractivity contribution in [1.82, 2.24) is 0 Å². The maximum atomic E-state index is 10.9. The second-order valence-electron chi connectivity index (χ2n) is 4.09. The third-order valence-corrected chi connectivity index (χ3v) is 3.95. The van der Waals surface area contributed by atoms with Crippen molar-refractivity contribution in [3.8, 4) is 0 Å². The van der Waals surface area contributed by atoms with E-state index >= 15 is 0 Å². The number of nitro benzene ring substituents is 1. The van der Waals surface area contributed by atoms with Gasteiger partial charge in [0.2, 0.25) is 0 Å². The first-order chi connectivity index (χ1) is 9.49. The van der Waals surface area contributed by atoms with Crippen LogP contribution in [0.1, 0.15) is 15.9 Å². The summed E-state index contributed by atoms with van der Waals surface area (Å²) in [5.74, 6) is -0.979. The third kappa shape index (κ3) is 2.97. The normalized spacial score (nSPS) is 10.2. The van der Waals surface area contributed by atoms with Crippen LogP contribution in [0.4, 0.5) is 5.69 Å². The summed E-state index contributed by atoms with van der Waals surface area (Å²) < 4.78 is 0. The Morgan fingerprint density at radius 1 is 1.20 bits per heavy atom. The second kappa shape index (κ2) is 5.75. The molecule has 0 unspecified atom stereocenters. The Labute approximate surface area is 119 Å². The van der Waals surface area contributed by atoms with Crippen molar-refractivity contribution in [3.63, 3.8) is 0 Å². The predicted molar refractivity (Wildman–Crippen MR) is 75.4 cm³/mol. The average molecular weight is 289 g/mol. The Balaban J connectivity index is 2.28. The highest BCUT2D eigenvalue weighted by atomic mass is 32.2. The second-order valence-corrected chi connectivity index (χ2v) is 5.20. The summed E-state index contributed by atoms with van der Waals surface area (Å²) in [4.78, 5) is 22.8. The van der Waals surface area contributed by atoms with Gasteiger partial charge in [0.15, 0.2) is 0 Å². The number of carbonyl (C=O) groups is 1. The summed E-state index contributed by atoms with van der Waals surface area (Å²) in [6.07, 6.45) is 0. The summed E-state index contributed by atoms with van der Waals surface area (Å²) in [7, 11) is 0. The first kappa shape index (κ1) is 14.1. The number of carboxylic acids is 1. The number of hydrogen-bond acceptors (Lipinski definition) is 4. The van der Waals surface area contributed by atoms with Gasteiger partial charge in [-0.1, -0.05) is 17.8 Å². The molecule has 0 heterocycles. The minimum atomic E-state index is -0.979. The first-order valence-corrected chi connectivity index (χ1v) is 6.56. The smallest absolute Gasteiger partial charge is 0.335 e. The van der Waals surface area contributed by atoms with Gasteiger partial charge in [-0.3, -0.25) is 10.1 Å². The lowest BCUT2D eigenvalue weighted by molar-refractivity contribution is -0.385. The van der Waals surface area contributed by atoms with Crippen LogP contribution in [-0.4, -0.2) is 16.0 Å². The van der Waals surface area contributed by atoms with E-state index in [4.69, 9.17) is 5.11 Å². The molecule has 0 amide bonds. The molecule has 2 aromatic carbocycles. The van der Waals surface area contributed by atoms with Gasteiger partial charge in [0.05, 0.1) is 10.5 Å². The number of carboxylic acid groups (broad SMARTS) is 1. The van der Waals surface area contributed by atoms with Crippen LogP contribution in [0.5, 0.6) is 0 Å². The highest BCUT2D eigenvalue weighted by Crippen LogP contribution is 2.34. The minimum absolute atomic E-state index is 0.0807. The number of nitrogens with zero attached hydrogens (tertiary/aromatic N) is 1. The molecule has 102 valence electrons. The van der Waals surface area contributed by atoms with Crippen LogP contribution in [0.15, 0.2) is 52.3 Å². The van der Waals surface area contributed by atoms with Gasteiger partial charge in [-0.15, -0.1) is 0 Å². The van der Waals surface area contributed by atoms with Gasteiger partial charge >= 0.3 is 5.97 Å². The van der Waals surface area contributed by atoms with E-state index in [1.54, 1.807) is 31.2 Å². The van der Waals surface area contributed by atoms with Crippen LogP contribution in [0, 0.1) is 17.0 Å². The zero-order chi connectivity index (χ0) is 14.7. The third-order valence-electron chi connectivity index (χ3n) is 2.78. The standard InChI is InChI=1S/C14H11NO4S/c1-9-12(15(18)19)3-2-4-13(9)20-11-7-5-10(6-8-11)14(16)17/h2-8H,1H3,(H,16,17). The van der Waals surface area contributed by atoms with E-state index in [0.29, 0.717) is 5.56 Å². The Kier molecular flexibility index (Phi) is 4.05. The van der Waals surface area contributed by atoms with Crippen molar-refractivity contribution in [3.05, 3.63) is 63.7 Å². The molecule has 0 spiro atoms. The SMILES string of the molecule is Cc1c(Sc2ccc(C(=O)O)cc2)cccc1[N+](=O)[O-]. The number of nitro groups is 1. The lowest BCUT2D eigenvalue weighted by Crippen LogP contribution is -1.95. The topological polar surface area (TPSA) is 80.4 Å². The van der Waals surface area contributed by atoms with E-state index in [-0.39, 0.29) is 11.3 Å². The molecule has 0 saturated heterocycles. The molecule has 5 nitrogen and oxygen atoms in total. The van der Waals surface area contributed by atoms with E-state index in [2.05, 4.69) is 0 Å². The molecule has 0 radical (unpaired) electrons. The van der Waals surface area contributed by atoms with Gasteiger partial charge in [-0.2, -0.15) is 0 Å². The highest BCUT2D eigenvalue weighted by molar-refractivity contribution is 7.99. The fourth-order valence-corrected chi connectivity index (χ4v) is 2.63. The van der Waals surface area contributed by atoms with Gasteiger partial charge < -0.3 is 5.11 Å². The van der Waals surface area contributed by atoms with E-state index in [1.165, 1.54) is 30.0 Å². The number of benzene rings is 2. The van der Waals surface area contributed by atoms with Crippen molar-refractivity contribution in [2.45, 2.75) is 16.7 Å². The molecular formula is C14H11NO4S. The highest BCUT2D eigenvalue weighted by Gasteiger charge is 2.14. The molecule has 1 N–H and O–H groups in total. The van der Waals surface area contributed by atoms with Crippen molar-refractivity contribution in [1.29, 1.82) is 0 Å². The fraction of sp³-hybridized carbons (Fsp3) is 0.0714. The molecule has 6 heteroatoms. The van der Waals surface area contributed by atoms with Gasteiger partial charge in [-0.25, -0.2) is 4.79 Å². The summed E-state index contributed by atoms with van der Waals surface area (Å²) >= 11 is 1.37. The van der Waals surface area contributed by atoms with Gasteiger partial charge in [0.25, 0.3) is 5.69 Å². The Hall–Kier alpha value is -2.34. The number of hydrogen-bond donors (Lipinski definition) is 1. The number of rotatable bonds is 4. The largest absolute Gasteiger partial charge is 0.478 e. The van der Waals surface area contributed by atoms with Gasteiger partial charge in [0, 0.05) is 21.4 Å². The van der Waals surface area contributed by atoms with Crippen molar-refractivity contribution < 1.29 is 14.8 Å². The van der Waals surface area contributed by atoms with Crippen molar-refractivity contribution in [2.24, 2.45) is 0 Å². The quantitative estimate of drug-likeness (QED) is 0.684. The maximum absolute atomic E-state index is 10.9. The first-order valence-electron chi connectivity index (χ1n) is 5.74. The zero-order valence-corrected chi connectivity index (χ0v) is 11.4. The summed E-state index contributed by atoms with van der Waals surface area (Å²) in [6, 6.07) is 11.3. The summed E-state index contributed by atoms with van der Waals surface area (Å²) in [5.41, 5.74) is 0.895. The molecule has 0 saturated carbocycles. The molecule has 20 heavy (non-hydrogen) atoms. The maximum Gasteiger partial charge on any atom is 0.335 e. The van der Waals surface area contributed by atoms with Crippen LogP contribution in [0.3, 0.4) is 0 Å². The van der Waals surface area contributed by atoms with Crippen molar-refractivity contribution >= 4 is 23.4 Å². The molecule has 0 bridgehead atoms. The fourth-order valence-electron chi connectivity index (χ4n) is 1.70. The van der Waals surface area contributed by atoms with E-state index < -0.39 is 10.9 Å². The van der Waals surface area contributed by atoms with Gasteiger partial charge in [0.1, 0.15) is 0 Å². The Morgan fingerprint density at radius 3 is 2.40 bits per heavy atom. The molecule has 2 aromatic rings. The van der Waals surface area contributed by atoms with Crippen LogP contribution < -0.4 is 0 Å². The van der Waals surface area contributed by atoms with Crippen LogP contribution >= 0.6 is 11.8 Å². The van der Waals surface area contributed by atoms with E-state index in [1.807, 2.05) is 0 Å². The molecule has 0 fully saturated rings. The zero-order valence-electron chi connectivity index (χ0n) is 10.6. The van der Waals surface area contributed by atoms with Gasteiger partial charge in [-0.05, 0) is 37.3 Å². The average Bonchev–Trinajstić information content (AvgIpc) is 2.41. The Bertz CT molecular complexity index is 667. The molecule has 2 rings (SSSR count). The molecule has 0 aliphatic heterocycles. The molecule has 0 aliphatic carbocycles. The van der Waals surface area contributed by atoms with E-state index in [9.17, 15) is 14.9 Å². The monoisotopic (exact) mass is 289 g/mol. The summed E-state index contributed by atoms with van der Waals surface area (Å²) in [6.45, 7) is 1.70. The molecule has 0 aromatic heterocycles. The Morgan fingerprint density at radius 2 is 1.85 bits per heavy atom. The minimum Gasteiger partial charge on any atom is -0.478 e. The van der Waals surface area contributed by atoms with Crippen LogP contribution in [-0.2, 0) is 0 Å². The lowest BCUT2D eigenvalue weighted by Gasteiger charge is -2.06. The van der Waals surface area contributed by atoms with Crippen LogP contribution in [0.2, 0.25) is 0 Å². The van der Waals surface area contributed by atoms with E-state index in [0.717, 1.165) is 9.79 Å².